The van der Waals surface area contributed by atoms with E-state index in [4.69, 9.17) is 5.73 Å². The number of thiazole rings is 1. The fourth-order valence-electron chi connectivity index (χ4n) is 2.10. The molecule has 1 aromatic heterocycles. The van der Waals surface area contributed by atoms with Crippen molar-refractivity contribution in [2.24, 2.45) is 0 Å². The average molecular weight is 324 g/mol. The third kappa shape index (κ3) is 2.02. The van der Waals surface area contributed by atoms with Crippen LogP contribution in [0.3, 0.4) is 0 Å². The van der Waals surface area contributed by atoms with Crippen molar-refractivity contribution in [3.05, 3.63) is 39.2 Å². The summed E-state index contributed by atoms with van der Waals surface area (Å²) in [5, 5.41) is 3.25. The predicted molar refractivity (Wildman–Crippen MR) is 75.8 cm³/mol. The largest absolute Gasteiger partial charge is 0.375 e. The minimum Gasteiger partial charge on any atom is -0.375 e. The van der Waals surface area contributed by atoms with Crippen molar-refractivity contribution in [2.75, 3.05) is 11.1 Å². The maximum atomic E-state index is 11.7. The number of carbonyl (C=O) groups excluding carboxylic acids is 1. The van der Waals surface area contributed by atoms with Crippen molar-refractivity contribution in [1.29, 1.82) is 0 Å². The summed E-state index contributed by atoms with van der Waals surface area (Å²) in [5.41, 5.74) is 6.83. The smallest absolute Gasteiger partial charge is 0.226 e. The molecule has 0 fully saturated rings. The molecule has 1 aliphatic heterocycles. The Morgan fingerprint density at radius 3 is 2.83 bits per heavy atom. The number of amides is 1. The molecule has 1 aliphatic rings. The minimum atomic E-state index is -0.0132. The highest BCUT2D eigenvalue weighted by Crippen LogP contribution is 2.41. The Kier molecular flexibility index (Phi) is 2.83. The second-order valence-corrected chi connectivity index (χ2v) is 6.10. The maximum Gasteiger partial charge on any atom is 0.226 e. The molecule has 0 bridgehead atoms. The topological polar surface area (TPSA) is 68.0 Å². The summed E-state index contributed by atoms with van der Waals surface area (Å²) >= 11 is 4.85. The Labute approximate surface area is 116 Å². The quantitative estimate of drug-likeness (QED) is 0.847. The molecule has 3 rings (SSSR count). The summed E-state index contributed by atoms with van der Waals surface area (Å²) in [6, 6.07) is 8.00. The van der Waals surface area contributed by atoms with E-state index in [9.17, 15) is 4.79 Å². The third-order valence-electron chi connectivity index (χ3n) is 2.91. The van der Waals surface area contributed by atoms with Crippen molar-refractivity contribution in [3.8, 4) is 0 Å². The van der Waals surface area contributed by atoms with Crippen LogP contribution >= 0.6 is 27.3 Å². The van der Waals surface area contributed by atoms with E-state index in [1.807, 2.05) is 24.3 Å². The van der Waals surface area contributed by atoms with E-state index in [0.29, 0.717) is 17.4 Å². The van der Waals surface area contributed by atoms with Gasteiger partial charge in [-0.25, -0.2) is 4.98 Å². The van der Waals surface area contributed by atoms with Crippen LogP contribution in [-0.4, -0.2) is 10.9 Å². The first kappa shape index (κ1) is 11.7. The van der Waals surface area contributed by atoms with Gasteiger partial charge in [-0.1, -0.05) is 39.4 Å². The van der Waals surface area contributed by atoms with Crippen LogP contribution in [0.1, 0.15) is 22.8 Å². The lowest BCUT2D eigenvalue weighted by atomic mass is 9.92. The molecule has 4 nitrogen and oxygen atoms in total. The highest BCUT2D eigenvalue weighted by atomic mass is 79.9. The fraction of sp³-hybridized carbons (Fsp3) is 0.167. The number of benzene rings is 1. The third-order valence-corrected chi connectivity index (χ3v) is 4.43. The highest BCUT2D eigenvalue weighted by molar-refractivity contribution is 9.10. The Morgan fingerprint density at radius 1 is 1.39 bits per heavy atom. The number of rotatable bonds is 1. The number of anilines is 2. The normalized spacial score (nSPS) is 18.3. The van der Waals surface area contributed by atoms with Gasteiger partial charge < -0.3 is 11.1 Å². The number of halogens is 1. The SMILES string of the molecule is Nc1nc2c(s1)[C@H](c1ccc(Br)cc1)CC(=O)N2. The van der Waals surface area contributed by atoms with Crippen LogP contribution in [0, 0.1) is 0 Å². The van der Waals surface area contributed by atoms with E-state index < -0.39 is 0 Å². The lowest BCUT2D eigenvalue weighted by molar-refractivity contribution is -0.116. The van der Waals surface area contributed by atoms with Gasteiger partial charge in [0.05, 0.1) is 4.88 Å². The zero-order valence-electron chi connectivity index (χ0n) is 9.31. The summed E-state index contributed by atoms with van der Waals surface area (Å²) in [4.78, 5) is 16.9. The number of fused-ring (bicyclic) bond motifs is 1. The number of hydrogen-bond acceptors (Lipinski definition) is 4. The Balaban J connectivity index is 2.06. The molecule has 1 amide bonds. The zero-order valence-corrected chi connectivity index (χ0v) is 11.7. The molecule has 2 aromatic rings. The van der Waals surface area contributed by atoms with Crippen LogP contribution in [0.15, 0.2) is 28.7 Å². The minimum absolute atomic E-state index is 0.0132. The molecular formula is C12H10BrN3OS. The van der Waals surface area contributed by atoms with Crippen LogP contribution in [0.25, 0.3) is 0 Å². The van der Waals surface area contributed by atoms with E-state index in [1.165, 1.54) is 11.3 Å². The first-order valence-electron chi connectivity index (χ1n) is 5.45. The first-order chi connectivity index (χ1) is 8.63. The molecular weight excluding hydrogens is 314 g/mol. The van der Waals surface area contributed by atoms with Gasteiger partial charge in [-0.3, -0.25) is 4.79 Å². The fourth-order valence-corrected chi connectivity index (χ4v) is 3.28. The second kappa shape index (κ2) is 4.37. The average Bonchev–Trinajstić information content (AvgIpc) is 2.69. The molecule has 0 radical (unpaired) electrons. The van der Waals surface area contributed by atoms with Crippen molar-refractivity contribution in [1.82, 2.24) is 4.98 Å². The molecule has 0 saturated carbocycles. The van der Waals surface area contributed by atoms with Gasteiger partial charge in [0.15, 0.2) is 5.13 Å². The summed E-state index contributed by atoms with van der Waals surface area (Å²) in [7, 11) is 0. The summed E-state index contributed by atoms with van der Waals surface area (Å²) in [6.45, 7) is 0. The monoisotopic (exact) mass is 323 g/mol. The number of nitrogens with zero attached hydrogens (tertiary/aromatic N) is 1. The van der Waals surface area contributed by atoms with Gasteiger partial charge in [0.2, 0.25) is 5.91 Å². The van der Waals surface area contributed by atoms with Crippen LogP contribution in [0.4, 0.5) is 10.9 Å². The van der Waals surface area contributed by atoms with Crippen molar-refractivity contribution in [2.45, 2.75) is 12.3 Å². The predicted octanol–water partition coefficient (Wildman–Crippen LogP) is 2.96. The zero-order chi connectivity index (χ0) is 12.7. The Morgan fingerprint density at radius 2 is 2.11 bits per heavy atom. The molecule has 0 saturated heterocycles. The standard InChI is InChI=1S/C12H10BrN3OS/c13-7-3-1-6(2-4-7)8-5-9(17)15-11-10(8)18-12(14)16-11/h1-4,8H,5H2,(H2,14,16)(H,15,17)/t8-/m0/s1. The Bertz CT molecular complexity index is 608. The molecule has 92 valence electrons. The number of nitrogens with one attached hydrogen (secondary N) is 1. The first-order valence-corrected chi connectivity index (χ1v) is 7.06. The van der Waals surface area contributed by atoms with E-state index >= 15 is 0 Å². The molecule has 0 spiro atoms. The van der Waals surface area contributed by atoms with Gasteiger partial charge >= 0.3 is 0 Å². The van der Waals surface area contributed by atoms with Crippen LogP contribution < -0.4 is 11.1 Å². The number of nitrogen functional groups attached to an aromatic ring is 1. The van der Waals surface area contributed by atoms with Crippen molar-refractivity contribution in [3.63, 3.8) is 0 Å². The van der Waals surface area contributed by atoms with E-state index in [0.717, 1.165) is 14.9 Å². The molecule has 2 heterocycles. The molecule has 18 heavy (non-hydrogen) atoms. The molecule has 1 atom stereocenters. The summed E-state index contributed by atoms with van der Waals surface area (Å²) in [5.74, 6) is 0.652. The van der Waals surface area contributed by atoms with Gasteiger partial charge in [0, 0.05) is 16.8 Å². The lowest BCUT2D eigenvalue weighted by Crippen LogP contribution is -2.22. The van der Waals surface area contributed by atoms with E-state index in [-0.39, 0.29) is 11.8 Å². The van der Waals surface area contributed by atoms with Crippen LogP contribution in [0.2, 0.25) is 0 Å². The summed E-state index contributed by atoms with van der Waals surface area (Å²) < 4.78 is 1.02. The highest BCUT2D eigenvalue weighted by Gasteiger charge is 2.29. The van der Waals surface area contributed by atoms with Gasteiger partial charge in [-0.2, -0.15) is 0 Å². The number of hydrogen-bond donors (Lipinski definition) is 2. The van der Waals surface area contributed by atoms with Gasteiger partial charge in [-0.05, 0) is 17.7 Å². The van der Waals surface area contributed by atoms with Crippen LogP contribution in [-0.2, 0) is 4.79 Å². The second-order valence-electron chi connectivity index (χ2n) is 4.12. The molecule has 6 heteroatoms. The van der Waals surface area contributed by atoms with Gasteiger partial charge in [-0.15, -0.1) is 0 Å². The molecule has 0 aliphatic carbocycles. The molecule has 1 aromatic carbocycles. The number of nitrogens with two attached hydrogens (primary N) is 1. The Hall–Kier alpha value is -1.40. The number of aromatic nitrogens is 1. The van der Waals surface area contributed by atoms with Crippen molar-refractivity contribution >= 4 is 44.1 Å². The molecule has 3 N–H and O–H groups in total. The van der Waals surface area contributed by atoms with E-state index in [1.54, 1.807) is 0 Å². The number of carbonyl (C=O) groups is 1. The summed E-state index contributed by atoms with van der Waals surface area (Å²) in [6.07, 6.45) is 0.441. The van der Waals surface area contributed by atoms with Crippen LogP contribution in [0.5, 0.6) is 0 Å². The van der Waals surface area contributed by atoms with Gasteiger partial charge in [0.25, 0.3) is 0 Å². The van der Waals surface area contributed by atoms with Crippen molar-refractivity contribution < 1.29 is 4.79 Å². The maximum absolute atomic E-state index is 11.7. The van der Waals surface area contributed by atoms with Gasteiger partial charge in [0.1, 0.15) is 5.82 Å². The lowest BCUT2D eigenvalue weighted by Gasteiger charge is -2.21. The van der Waals surface area contributed by atoms with E-state index in [2.05, 4.69) is 26.2 Å². The molecule has 0 unspecified atom stereocenters.